The first-order chi connectivity index (χ1) is 13.8. The van der Waals surface area contributed by atoms with Crippen molar-refractivity contribution in [3.63, 3.8) is 0 Å². The molecule has 1 atom stereocenters. The molecule has 142 valence electrons. The van der Waals surface area contributed by atoms with Crippen molar-refractivity contribution in [1.29, 1.82) is 0 Å². The van der Waals surface area contributed by atoms with Crippen molar-refractivity contribution < 1.29 is 4.79 Å². The molecule has 1 saturated heterocycles. The van der Waals surface area contributed by atoms with Crippen LogP contribution in [0.1, 0.15) is 18.5 Å². The third-order valence-electron chi connectivity index (χ3n) is 5.25. The zero-order valence-corrected chi connectivity index (χ0v) is 15.4. The van der Waals surface area contributed by atoms with Gasteiger partial charge in [0.15, 0.2) is 0 Å². The van der Waals surface area contributed by atoms with Gasteiger partial charge in [0.1, 0.15) is 5.65 Å². The summed E-state index contributed by atoms with van der Waals surface area (Å²) in [6.07, 6.45) is 8.05. The SMILES string of the molecule is O=C(NCCc1cc2c(-c3cnn4ncccc34)ccnc2[nH]1)C1CCCN1. The number of nitrogens with one attached hydrogen (secondary N) is 3. The van der Waals surface area contributed by atoms with Crippen LogP contribution in [-0.4, -0.2) is 49.8 Å². The Kier molecular flexibility index (Phi) is 4.25. The molecule has 1 amide bonds. The molecule has 1 unspecified atom stereocenters. The van der Waals surface area contributed by atoms with Crippen LogP contribution in [0.25, 0.3) is 27.7 Å². The molecular weight excluding hydrogens is 354 g/mol. The van der Waals surface area contributed by atoms with Gasteiger partial charge in [0.25, 0.3) is 0 Å². The molecule has 0 aromatic carbocycles. The Morgan fingerprint density at radius 2 is 2.21 bits per heavy atom. The van der Waals surface area contributed by atoms with Crippen molar-refractivity contribution in [3.05, 3.63) is 48.5 Å². The Balaban J connectivity index is 1.38. The zero-order valence-electron chi connectivity index (χ0n) is 15.4. The molecule has 0 bridgehead atoms. The van der Waals surface area contributed by atoms with Gasteiger partial charge in [0.05, 0.1) is 17.8 Å². The van der Waals surface area contributed by atoms with Crippen LogP contribution < -0.4 is 10.6 Å². The van der Waals surface area contributed by atoms with Gasteiger partial charge in [0, 0.05) is 42.0 Å². The van der Waals surface area contributed by atoms with E-state index in [9.17, 15) is 4.79 Å². The number of aromatic amines is 1. The van der Waals surface area contributed by atoms with Crippen molar-refractivity contribution in [2.75, 3.05) is 13.1 Å². The first-order valence-corrected chi connectivity index (χ1v) is 9.57. The highest BCUT2D eigenvalue weighted by molar-refractivity contribution is 5.97. The van der Waals surface area contributed by atoms with Crippen LogP contribution in [-0.2, 0) is 11.2 Å². The molecule has 3 N–H and O–H groups in total. The van der Waals surface area contributed by atoms with Gasteiger partial charge >= 0.3 is 0 Å². The van der Waals surface area contributed by atoms with E-state index in [1.165, 1.54) is 0 Å². The van der Waals surface area contributed by atoms with Gasteiger partial charge in [-0.15, -0.1) is 0 Å². The molecule has 8 nitrogen and oxygen atoms in total. The lowest BCUT2D eigenvalue weighted by Crippen LogP contribution is -2.41. The third kappa shape index (κ3) is 3.01. The predicted octanol–water partition coefficient (Wildman–Crippen LogP) is 1.68. The maximum Gasteiger partial charge on any atom is 0.237 e. The summed E-state index contributed by atoms with van der Waals surface area (Å²) in [4.78, 5) is 20.0. The minimum absolute atomic E-state index is 0.0415. The number of carbonyl (C=O) groups is 1. The summed E-state index contributed by atoms with van der Waals surface area (Å²) in [6, 6.07) is 7.97. The predicted molar refractivity (Wildman–Crippen MR) is 106 cm³/mol. The Morgan fingerprint density at radius 1 is 1.25 bits per heavy atom. The summed E-state index contributed by atoms with van der Waals surface area (Å²) in [5, 5.41) is 15.9. The number of rotatable bonds is 5. The number of H-pyrrole nitrogens is 1. The Labute approximate surface area is 161 Å². The number of hydrogen-bond acceptors (Lipinski definition) is 5. The van der Waals surface area contributed by atoms with Crippen molar-refractivity contribution in [1.82, 2.24) is 35.4 Å². The van der Waals surface area contributed by atoms with E-state index < -0.39 is 0 Å². The molecule has 5 heterocycles. The van der Waals surface area contributed by atoms with Crippen molar-refractivity contribution in [2.45, 2.75) is 25.3 Å². The van der Waals surface area contributed by atoms with Crippen LogP contribution in [0.2, 0.25) is 0 Å². The molecule has 1 aliphatic rings. The molecule has 5 rings (SSSR count). The topological polar surface area (TPSA) is 100 Å². The fourth-order valence-electron chi connectivity index (χ4n) is 3.84. The van der Waals surface area contributed by atoms with Crippen LogP contribution in [0.4, 0.5) is 0 Å². The molecule has 4 aromatic heterocycles. The molecule has 0 spiro atoms. The summed E-state index contributed by atoms with van der Waals surface area (Å²) < 4.78 is 1.63. The van der Waals surface area contributed by atoms with E-state index in [0.717, 1.165) is 59.2 Å². The number of fused-ring (bicyclic) bond motifs is 2. The van der Waals surface area contributed by atoms with Crippen molar-refractivity contribution >= 4 is 22.5 Å². The van der Waals surface area contributed by atoms with E-state index >= 15 is 0 Å². The lowest BCUT2D eigenvalue weighted by Gasteiger charge is -2.10. The van der Waals surface area contributed by atoms with E-state index in [-0.39, 0.29) is 11.9 Å². The number of pyridine rings is 1. The second kappa shape index (κ2) is 7.05. The highest BCUT2D eigenvalue weighted by atomic mass is 16.2. The molecule has 0 saturated carbocycles. The van der Waals surface area contributed by atoms with E-state index in [1.807, 2.05) is 24.4 Å². The van der Waals surface area contributed by atoms with E-state index in [2.05, 4.69) is 36.9 Å². The summed E-state index contributed by atoms with van der Waals surface area (Å²) in [6.45, 7) is 1.52. The number of aromatic nitrogens is 5. The largest absolute Gasteiger partial charge is 0.354 e. The number of amides is 1. The second-order valence-corrected chi connectivity index (χ2v) is 7.06. The van der Waals surface area contributed by atoms with Crippen LogP contribution >= 0.6 is 0 Å². The van der Waals surface area contributed by atoms with Gasteiger partial charge in [-0.1, -0.05) is 0 Å². The molecule has 1 aliphatic heterocycles. The lowest BCUT2D eigenvalue weighted by molar-refractivity contribution is -0.122. The van der Waals surface area contributed by atoms with E-state index in [0.29, 0.717) is 6.54 Å². The van der Waals surface area contributed by atoms with Gasteiger partial charge in [0.2, 0.25) is 5.91 Å². The molecule has 4 aromatic rings. The molecule has 0 radical (unpaired) electrons. The molecule has 8 heteroatoms. The van der Waals surface area contributed by atoms with Gasteiger partial charge in [-0.05, 0) is 49.2 Å². The molecule has 28 heavy (non-hydrogen) atoms. The number of carbonyl (C=O) groups excluding carboxylic acids is 1. The molecular formula is C20H21N7O. The third-order valence-corrected chi connectivity index (χ3v) is 5.25. The summed E-state index contributed by atoms with van der Waals surface area (Å²) in [5.74, 6) is 0.0891. The Bertz CT molecular complexity index is 1140. The lowest BCUT2D eigenvalue weighted by atomic mass is 10.1. The maximum absolute atomic E-state index is 12.1. The average molecular weight is 375 g/mol. The first kappa shape index (κ1) is 16.9. The molecule has 0 aliphatic carbocycles. The highest BCUT2D eigenvalue weighted by Crippen LogP contribution is 2.30. The van der Waals surface area contributed by atoms with Gasteiger partial charge in [-0.25, -0.2) is 4.98 Å². The fourth-order valence-corrected chi connectivity index (χ4v) is 3.84. The zero-order chi connectivity index (χ0) is 18.9. The second-order valence-electron chi connectivity index (χ2n) is 7.06. The number of hydrogen-bond donors (Lipinski definition) is 3. The fraction of sp³-hybridized carbons (Fsp3) is 0.300. The minimum atomic E-state index is -0.0415. The minimum Gasteiger partial charge on any atom is -0.354 e. The average Bonchev–Trinajstić information content (AvgIpc) is 3.46. The summed E-state index contributed by atoms with van der Waals surface area (Å²) in [7, 11) is 0. The van der Waals surface area contributed by atoms with Crippen LogP contribution in [0.15, 0.2) is 42.9 Å². The Hall–Kier alpha value is -3.26. The van der Waals surface area contributed by atoms with Crippen molar-refractivity contribution in [3.8, 4) is 11.1 Å². The quantitative estimate of drug-likeness (QED) is 0.493. The molecule has 1 fully saturated rings. The van der Waals surface area contributed by atoms with Gasteiger partial charge in [-0.2, -0.15) is 14.8 Å². The summed E-state index contributed by atoms with van der Waals surface area (Å²) >= 11 is 0. The van der Waals surface area contributed by atoms with Gasteiger partial charge < -0.3 is 15.6 Å². The monoisotopic (exact) mass is 375 g/mol. The van der Waals surface area contributed by atoms with Crippen LogP contribution in [0, 0.1) is 0 Å². The van der Waals surface area contributed by atoms with Crippen LogP contribution in [0.5, 0.6) is 0 Å². The van der Waals surface area contributed by atoms with Crippen molar-refractivity contribution in [2.24, 2.45) is 0 Å². The highest BCUT2D eigenvalue weighted by Gasteiger charge is 2.21. The van der Waals surface area contributed by atoms with E-state index in [1.54, 1.807) is 17.0 Å². The Morgan fingerprint density at radius 3 is 3.11 bits per heavy atom. The van der Waals surface area contributed by atoms with Gasteiger partial charge in [-0.3, -0.25) is 4.79 Å². The smallest absolute Gasteiger partial charge is 0.237 e. The van der Waals surface area contributed by atoms with Crippen LogP contribution in [0.3, 0.4) is 0 Å². The number of nitrogens with zero attached hydrogens (tertiary/aromatic N) is 4. The van der Waals surface area contributed by atoms with E-state index in [4.69, 9.17) is 0 Å². The normalized spacial score (nSPS) is 16.8. The summed E-state index contributed by atoms with van der Waals surface area (Å²) in [5.41, 5.74) is 4.92. The maximum atomic E-state index is 12.1. The first-order valence-electron chi connectivity index (χ1n) is 9.57. The standard InChI is InChI=1S/C20H21N7O/c28-20(17-3-1-7-21-17)23-9-5-13-11-15-14(6-10-22-19(15)26-13)16-12-25-27-18(16)4-2-8-24-27/h2,4,6,8,10-12,17,21H,1,3,5,7,9H2,(H,22,26)(H,23,28).